The lowest BCUT2D eigenvalue weighted by Crippen LogP contribution is -2.47. The average Bonchev–Trinajstić information content (AvgIpc) is 2.32. The van der Waals surface area contributed by atoms with Gasteiger partial charge in [0.2, 0.25) is 0 Å². The van der Waals surface area contributed by atoms with E-state index in [1.807, 2.05) is 6.92 Å². The van der Waals surface area contributed by atoms with E-state index in [4.69, 9.17) is 4.74 Å². The quantitative estimate of drug-likeness (QED) is 0.747. The minimum absolute atomic E-state index is 0.0519. The highest BCUT2D eigenvalue weighted by Crippen LogP contribution is 2.15. The molecule has 1 saturated heterocycles. The highest BCUT2D eigenvalue weighted by Gasteiger charge is 2.24. The lowest BCUT2D eigenvalue weighted by atomic mass is 10.1. The first-order chi connectivity index (χ1) is 8.09. The number of rotatable bonds is 1. The topological polar surface area (TPSA) is 29.5 Å². The van der Waals surface area contributed by atoms with Gasteiger partial charge in [-0.05, 0) is 37.6 Å². The first kappa shape index (κ1) is 12.0. The van der Waals surface area contributed by atoms with E-state index in [1.165, 1.54) is 12.1 Å². The van der Waals surface area contributed by atoms with E-state index >= 15 is 0 Å². The molecule has 0 radical (unpaired) electrons. The van der Waals surface area contributed by atoms with Crippen LogP contribution in [0.25, 0.3) is 0 Å². The maximum atomic E-state index is 13.1. The first-order valence-electron chi connectivity index (χ1n) is 5.74. The number of ether oxygens (including phenoxy) is 1. The number of carbonyl (C=O) groups is 1. The van der Waals surface area contributed by atoms with Crippen LogP contribution in [0.1, 0.15) is 22.8 Å². The summed E-state index contributed by atoms with van der Waals surface area (Å²) in [5.41, 5.74) is 1.04. The van der Waals surface area contributed by atoms with Gasteiger partial charge in [-0.3, -0.25) is 4.79 Å². The Bertz CT molecular complexity index is 433. The third kappa shape index (κ3) is 2.47. The maximum absolute atomic E-state index is 13.1. The number of hydrogen-bond donors (Lipinski definition) is 0. The van der Waals surface area contributed by atoms with Gasteiger partial charge in [0.1, 0.15) is 5.82 Å². The van der Waals surface area contributed by atoms with E-state index < -0.39 is 0 Å². The number of amides is 1. The van der Waals surface area contributed by atoms with Crippen LogP contribution in [0, 0.1) is 12.7 Å². The van der Waals surface area contributed by atoms with Crippen LogP contribution in [0.3, 0.4) is 0 Å². The van der Waals surface area contributed by atoms with Gasteiger partial charge in [0.15, 0.2) is 0 Å². The maximum Gasteiger partial charge on any atom is 0.254 e. The van der Waals surface area contributed by atoms with Crippen molar-refractivity contribution in [1.29, 1.82) is 0 Å². The number of aryl methyl sites for hydroxylation is 1. The fraction of sp³-hybridized carbons (Fsp3) is 0.462. The summed E-state index contributed by atoms with van der Waals surface area (Å²) < 4.78 is 18.4. The van der Waals surface area contributed by atoms with Crippen LogP contribution in [-0.4, -0.2) is 36.6 Å². The molecule has 1 atom stereocenters. The number of carbonyl (C=O) groups excluding carboxylic acids is 1. The van der Waals surface area contributed by atoms with Crippen molar-refractivity contribution in [2.45, 2.75) is 19.9 Å². The van der Waals surface area contributed by atoms with Crippen molar-refractivity contribution in [2.24, 2.45) is 0 Å². The summed E-state index contributed by atoms with van der Waals surface area (Å²) >= 11 is 0. The van der Waals surface area contributed by atoms with Gasteiger partial charge in [0, 0.05) is 12.1 Å². The van der Waals surface area contributed by atoms with Crippen LogP contribution in [0.2, 0.25) is 0 Å². The molecule has 92 valence electrons. The third-order valence-electron chi connectivity index (χ3n) is 3.03. The molecule has 0 bridgehead atoms. The van der Waals surface area contributed by atoms with Gasteiger partial charge in [-0.1, -0.05) is 0 Å². The normalized spacial score (nSPS) is 20.4. The molecule has 3 nitrogen and oxygen atoms in total. The zero-order valence-corrected chi connectivity index (χ0v) is 10.1. The number of nitrogens with zero attached hydrogens (tertiary/aromatic N) is 1. The summed E-state index contributed by atoms with van der Waals surface area (Å²) in [7, 11) is 0. The highest BCUT2D eigenvalue weighted by molar-refractivity contribution is 5.94. The predicted molar refractivity (Wildman–Crippen MR) is 62.5 cm³/mol. The molecule has 1 fully saturated rings. The van der Waals surface area contributed by atoms with Crippen molar-refractivity contribution in [2.75, 3.05) is 19.8 Å². The van der Waals surface area contributed by atoms with Crippen LogP contribution in [-0.2, 0) is 4.74 Å². The van der Waals surface area contributed by atoms with Crippen LogP contribution >= 0.6 is 0 Å². The number of hydrogen-bond acceptors (Lipinski definition) is 2. The largest absolute Gasteiger partial charge is 0.377 e. The lowest BCUT2D eigenvalue weighted by molar-refractivity contribution is 0.00359. The van der Waals surface area contributed by atoms with Gasteiger partial charge in [-0.2, -0.15) is 0 Å². The summed E-state index contributed by atoms with van der Waals surface area (Å²) in [6, 6.07) is 4.54. The molecule has 1 aliphatic heterocycles. The molecule has 1 amide bonds. The first-order valence-corrected chi connectivity index (χ1v) is 5.74. The zero-order chi connectivity index (χ0) is 12.4. The Balaban J connectivity index is 2.21. The van der Waals surface area contributed by atoms with E-state index in [2.05, 4.69) is 0 Å². The number of morpholine rings is 1. The third-order valence-corrected chi connectivity index (χ3v) is 3.03. The molecule has 0 N–H and O–H groups in total. The van der Waals surface area contributed by atoms with Gasteiger partial charge < -0.3 is 9.64 Å². The van der Waals surface area contributed by atoms with Crippen molar-refractivity contribution in [3.8, 4) is 0 Å². The van der Waals surface area contributed by atoms with Gasteiger partial charge in [0.25, 0.3) is 5.91 Å². The molecule has 17 heavy (non-hydrogen) atoms. The van der Waals surface area contributed by atoms with Crippen molar-refractivity contribution in [3.63, 3.8) is 0 Å². The summed E-state index contributed by atoms with van der Waals surface area (Å²) in [5.74, 6) is -0.333. The van der Waals surface area contributed by atoms with E-state index in [9.17, 15) is 9.18 Å². The Morgan fingerprint density at radius 3 is 2.94 bits per heavy atom. The second kappa shape index (κ2) is 4.84. The fourth-order valence-electron chi connectivity index (χ4n) is 1.97. The zero-order valence-electron chi connectivity index (χ0n) is 10.1. The van der Waals surface area contributed by atoms with Crippen LogP contribution < -0.4 is 0 Å². The van der Waals surface area contributed by atoms with Crippen molar-refractivity contribution < 1.29 is 13.9 Å². The highest BCUT2D eigenvalue weighted by atomic mass is 19.1. The van der Waals surface area contributed by atoms with E-state index in [1.54, 1.807) is 17.9 Å². The van der Waals surface area contributed by atoms with E-state index in [0.717, 1.165) is 0 Å². The Kier molecular flexibility index (Phi) is 3.43. The molecule has 1 aromatic rings. The van der Waals surface area contributed by atoms with Crippen molar-refractivity contribution >= 4 is 5.91 Å². The summed E-state index contributed by atoms with van der Waals surface area (Å²) in [4.78, 5) is 14.0. The van der Waals surface area contributed by atoms with Gasteiger partial charge in [-0.15, -0.1) is 0 Å². The molecular weight excluding hydrogens is 221 g/mol. The van der Waals surface area contributed by atoms with Crippen molar-refractivity contribution in [1.82, 2.24) is 4.90 Å². The lowest BCUT2D eigenvalue weighted by Gasteiger charge is -2.33. The average molecular weight is 237 g/mol. The predicted octanol–water partition coefficient (Wildman–Crippen LogP) is 2.00. The molecule has 2 rings (SSSR count). The Hall–Kier alpha value is -1.42. The number of benzene rings is 1. The minimum Gasteiger partial charge on any atom is -0.377 e. The summed E-state index contributed by atoms with van der Waals surface area (Å²) in [6.45, 7) is 5.33. The SMILES string of the molecule is Cc1cc(C(=O)N2CCOC[C@H]2C)ccc1F. The molecular formula is C13H16FNO2. The van der Waals surface area contributed by atoms with Crippen LogP contribution in [0.4, 0.5) is 4.39 Å². The number of halogens is 1. The Labute approximate surface area is 100 Å². The van der Waals surface area contributed by atoms with Crippen LogP contribution in [0.15, 0.2) is 18.2 Å². The van der Waals surface area contributed by atoms with Crippen LogP contribution in [0.5, 0.6) is 0 Å². The van der Waals surface area contributed by atoms with Gasteiger partial charge in [0.05, 0.1) is 19.3 Å². The Morgan fingerprint density at radius 1 is 1.53 bits per heavy atom. The monoisotopic (exact) mass is 237 g/mol. The minimum atomic E-state index is -0.281. The second-order valence-corrected chi connectivity index (χ2v) is 4.39. The molecule has 1 heterocycles. The van der Waals surface area contributed by atoms with E-state index in [0.29, 0.717) is 30.9 Å². The Morgan fingerprint density at radius 2 is 2.29 bits per heavy atom. The smallest absolute Gasteiger partial charge is 0.254 e. The molecule has 1 aromatic carbocycles. The second-order valence-electron chi connectivity index (χ2n) is 4.39. The molecule has 0 saturated carbocycles. The summed E-state index contributed by atoms with van der Waals surface area (Å²) in [5, 5.41) is 0. The molecule has 0 spiro atoms. The van der Waals surface area contributed by atoms with Gasteiger partial charge >= 0.3 is 0 Å². The van der Waals surface area contributed by atoms with E-state index in [-0.39, 0.29) is 17.8 Å². The fourth-order valence-corrected chi connectivity index (χ4v) is 1.97. The molecule has 1 aliphatic rings. The molecule has 0 unspecified atom stereocenters. The van der Waals surface area contributed by atoms with Gasteiger partial charge in [-0.25, -0.2) is 4.39 Å². The summed E-state index contributed by atoms with van der Waals surface area (Å²) in [6.07, 6.45) is 0. The van der Waals surface area contributed by atoms with Crippen molar-refractivity contribution in [3.05, 3.63) is 35.1 Å². The molecule has 4 heteroatoms. The molecule has 0 aromatic heterocycles. The standard InChI is InChI=1S/C13H16FNO2/c1-9-7-11(3-4-12(9)14)13(16)15-5-6-17-8-10(15)2/h3-4,7,10H,5-6,8H2,1-2H3/t10-/m1/s1. The molecule has 0 aliphatic carbocycles.